The summed E-state index contributed by atoms with van der Waals surface area (Å²) in [6, 6.07) is 14.5. The fourth-order valence-electron chi connectivity index (χ4n) is 4.36. The van der Waals surface area contributed by atoms with Crippen molar-refractivity contribution in [3.63, 3.8) is 0 Å². The van der Waals surface area contributed by atoms with E-state index in [1.54, 1.807) is 0 Å². The molecular formula is C24H29N5O2. The Labute approximate surface area is 183 Å². The average Bonchev–Trinajstić information content (AvgIpc) is 3.28. The Morgan fingerprint density at radius 3 is 2.48 bits per heavy atom. The summed E-state index contributed by atoms with van der Waals surface area (Å²) >= 11 is 0. The molecule has 3 heterocycles. The Balaban J connectivity index is 1.31. The number of nitrogens with zero attached hydrogens (tertiary/aromatic N) is 5. The molecule has 0 aliphatic carbocycles. The molecule has 0 saturated carbocycles. The summed E-state index contributed by atoms with van der Waals surface area (Å²) in [5, 5.41) is 1.12. The fraction of sp³-hybridized carbons (Fsp3) is 0.417. The van der Waals surface area contributed by atoms with Crippen molar-refractivity contribution in [2.24, 2.45) is 0 Å². The predicted octanol–water partition coefficient (Wildman–Crippen LogP) is 3.53. The van der Waals surface area contributed by atoms with E-state index in [1.807, 2.05) is 6.07 Å². The number of hydrogen-bond donors (Lipinski definition) is 0. The van der Waals surface area contributed by atoms with Gasteiger partial charge < -0.3 is 19.3 Å². The van der Waals surface area contributed by atoms with Crippen LogP contribution < -0.4 is 19.3 Å². The first kappa shape index (κ1) is 19.9. The van der Waals surface area contributed by atoms with Crippen molar-refractivity contribution < 1.29 is 9.47 Å². The first-order valence-corrected chi connectivity index (χ1v) is 11.1. The van der Waals surface area contributed by atoms with Crippen LogP contribution in [0.25, 0.3) is 10.9 Å². The van der Waals surface area contributed by atoms with E-state index in [-0.39, 0.29) is 0 Å². The summed E-state index contributed by atoms with van der Waals surface area (Å²) in [7, 11) is 0. The summed E-state index contributed by atoms with van der Waals surface area (Å²) in [5.74, 6) is 3.56. The maximum Gasteiger partial charge on any atom is 0.231 e. The second-order valence-corrected chi connectivity index (χ2v) is 7.99. The Hall–Kier alpha value is -3.06. The molecule has 0 N–H and O–H groups in total. The molecule has 1 fully saturated rings. The smallest absolute Gasteiger partial charge is 0.231 e. The molecule has 0 radical (unpaired) electrons. The van der Waals surface area contributed by atoms with Crippen LogP contribution in [0.5, 0.6) is 11.5 Å². The second kappa shape index (κ2) is 8.59. The van der Waals surface area contributed by atoms with Crippen molar-refractivity contribution >= 4 is 22.7 Å². The van der Waals surface area contributed by atoms with Gasteiger partial charge in [0, 0.05) is 51.2 Å². The average molecular weight is 420 g/mol. The third-order valence-electron chi connectivity index (χ3n) is 6.13. The van der Waals surface area contributed by atoms with Gasteiger partial charge in [-0.15, -0.1) is 0 Å². The third kappa shape index (κ3) is 3.97. The maximum absolute atomic E-state index is 5.52. The van der Waals surface area contributed by atoms with Gasteiger partial charge in [-0.05, 0) is 43.7 Å². The molecule has 5 rings (SSSR count). The van der Waals surface area contributed by atoms with E-state index in [1.165, 1.54) is 5.56 Å². The van der Waals surface area contributed by atoms with Crippen LogP contribution in [0, 0.1) is 0 Å². The quantitative estimate of drug-likeness (QED) is 0.606. The normalized spacial score (nSPS) is 16.1. The van der Waals surface area contributed by atoms with Crippen molar-refractivity contribution in [3.05, 3.63) is 48.0 Å². The van der Waals surface area contributed by atoms with Crippen LogP contribution in [0.4, 0.5) is 11.8 Å². The zero-order valence-corrected chi connectivity index (χ0v) is 18.3. The molecule has 162 valence electrons. The van der Waals surface area contributed by atoms with Crippen LogP contribution in [0.2, 0.25) is 0 Å². The molecule has 2 aliphatic heterocycles. The van der Waals surface area contributed by atoms with Gasteiger partial charge in [-0.3, -0.25) is 4.90 Å². The van der Waals surface area contributed by atoms with Gasteiger partial charge in [0.25, 0.3) is 0 Å². The van der Waals surface area contributed by atoms with Crippen molar-refractivity contribution in [2.45, 2.75) is 20.4 Å². The first-order valence-electron chi connectivity index (χ1n) is 11.1. The van der Waals surface area contributed by atoms with E-state index in [0.717, 1.165) is 80.0 Å². The molecule has 2 aromatic carbocycles. The summed E-state index contributed by atoms with van der Waals surface area (Å²) in [6.07, 6.45) is 0. The SMILES string of the molecule is CCN(CC)c1nc(N2CCN(Cc3ccc4c(c3)OCO4)CC2)nc2ccccc12. The third-order valence-corrected chi connectivity index (χ3v) is 6.13. The minimum absolute atomic E-state index is 0.318. The van der Waals surface area contributed by atoms with Gasteiger partial charge in [-0.2, -0.15) is 4.98 Å². The number of benzene rings is 2. The van der Waals surface area contributed by atoms with Crippen LogP contribution in [0.3, 0.4) is 0 Å². The zero-order valence-electron chi connectivity index (χ0n) is 18.3. The monoisotopic (exact) mass is 419 g/mol. The highest BCUT2D eigenvalue weighted by Crippen LogP contribution is 2.33. The lowest BCUT2D eigenvalue weighted by molar-refractivity contribution is 0.174. The lowest BCUT2D eigenvalue weighted by Gasteiger charge is -2.35. The largest absolute Gasteiger partial charge is 0.454 e. The number of hydrogen-bond acceptors (Lipinski definition) is 7. The standard InChI is InChI=1S/C24H29N5O2/c1-3-28(4-2)23-19-7-5-6-8-20(19)25-24(26-23)29-13-11-27(12-14-29)16-18-9-10-21-22(15-18)31-17-30-21/h5-10,15H,3-4,11-14,16-17H2,1-2H3. The van der Waals surface area contributed by atoms with E-state index in [4.69, 9.17) is 19.4 Å². The molecule has 0 bridgehead atoms. The predicted molar refractivity (Wildman–Crippen MR) is 123 cm³/mol. The second-order valence-electron chi connectivity index (χ2n) is 7.99. The molecule has 7 nitrogen and oxygen atoms in total. The van der Waals surface area contributed by atoms with Crippen LogP contribution in [0.15, 0.2) is 42.5 Å². The molecular weight excluding hydrogens is 390 g/mol. The van der Waals surface area contributed by atoms with Crippen molar-refractivity contribution in [2.75, 3.05) is 55.9 Å². The van der Waals surface area contributed by atoms with Gasteiger partial charge in [-0.25, -0.2) is 4.98 Å². The molecule has 0 atom stereocenters. The molecule has 0 spiro atoms. The number of ether oxygens (including phenoxy) is 2. The number of aromatic nitrogens is 2. The topological polar surface area (TPSA) is 54.0 Å². The number of piperazine rings is 1. The van der Waals surface area contributed by atoms with Crippen LogP contribution in [0.1, 0.15) is 19.4 Å². The molecule has 3 aromatic rings. The Morgan fingerprint density at radius 2 is 1.68 bits per heavy atom. The highest BCUT2D eigenvalue weighted by molar-refractivity contribution is 5.90. The summed E-state index contributed by atoms with van der Waals surface area (Å²) in [6.45, 7) is 11.2. The van der Waals surface area contributed by atoms with E-state index >= 15 is 0 Å². The van der Waals surface area contributed by atoms with Crippen molar-refractivity contribution in [1.82, 2.24) is 14.9 Å². The van der Waals surface area contributed by atoms with Crippen molar-refractivity contribution in [1.29, 1.82) is 0 Å². The highest BCUT2D eigenvalue weighted by atomic mass is 16.7. The zero-order chi connectivity index (χ0) is 21.2. The number of para-hydroxylation sites is 1. The first-order chi connectivity index (χ1) is 15.2. The number of rotatable bonds is 6. The van der Waals surface area contributed by atoms with Gasteiger partial charge >= 0.3 is 0 Å². The van der Waals surface area contributed by atoms with Gasteiger partial charge in [0.15, 0.2) is 11.5 Å². The lowest BCUT2D eigenvalue weighted by Crippen LogP contribution is -2.46. The minimum Gasteiger partial charge on any atom is -0.454 e. The maximum atomic E-state index is 5.52. The van der Waals surface area contributed by atoms with E-state index in [2.05, 4.69) is 64.9 Å². The number of anilines is 2. The van der Waals surface area contributed by atoms with E-state index in [0.29, 0.717) is 6.79 Å². The van der Waals surface area contributed by atoms with E-state index in [9.17, 15) is 0 Å². The summed E-state index contributed by atoms with van der Waals surface area (Å²) < 4.78 is 10.9. The summed E-state index contributed by atoms with van der Waals surface area (Å²) in [4.78, 5) is 17.0. The molecule has 31 heavy (non-hydrogen) atoms. The van der Waals surface area contributed by atoms with Crippen LogP contribution in [-0.2, 0) is 6.54 Å². The Morgan fingerprint density at radius 1 is 0.903 bits per heavy atom. The molecule has 0 amide bonds. The summed E-state index contributed by atoms with van der Waals surface area (Å²) in [5.41, 5.74) is 2.26. The lowest BCUT2D eigenvalue weighted by atomic mass is 10.1. The molecule has 1 saturated heterocycles. The van der Waals surface area contributed by atoms with Gasteiger partial charge in [0.1, 0.15) is 5.82 Å². The van der Waals surface area contributed by atoms with Gasteiger partial charge in [0.2, 0.25) is 12.7 Å². The van der Waals surface area contributed by atoms with Crippen LogP contribution in [-0.4, -0.2) is 60.9 Å². The van der Waals surface area contributed by atoms with Gasteiger partial charge in [-0.1, -0.05) is 18.2 Å². The van der Waals surface area contributed by atoms with Gasteiger partial charge in [0.05, 0.1) is 5.52 Å². The fourth-order valence-corrected chi connectivity index (χ4v) is 4.36. The molecule has 1 aromatic heterocycles. The molecule has 0 unspecified atom stereocenters. The van der Waals surface area contributed by atoms with Crippen LogP contribution >= 0.6 is 0 Å². The number of fused-ring (bicyclic) bond motifs is 2. The Kier molecular flexibility index (Phi) is 5.51. The molecule has 7 heteroatoms. The highest BCUT2D eigenvalue weighted by Gasteiger charge is 2.22. The van der Waals surface area contributed by atoms with Crippen molar-refractivity contribution in [3.8, 4) is 11.5 Å². The van der Waals surface area contributed by atoms with E-state index < -0.39 is 0 Å². The minimum atomic E-state index is 0.318. The molecule has 2 aliphatic rings. The Bertz CT molecular complexity index is 1060.